The van der Waals surface area contributed by atoms with Gasteiger partial charge in [-0.05, 0) is 29.3 Å². The minimum atomic E-state index is -1.03. The fraction of sp³-hybridized carbons (Fsp3) is 0.438. The zero-order chi connectivity index (χ0) is 15.4. The Morgan fingerprint density at radius 2 is 2.05 bits per heavy atom. The predicted octanol–water partition coefficient (Wildman–Crippen LogP) is 3.25. The number of carboxylic acids is 1. The number of benzene rings is 1. The van der Waals surface area contributed by atoms with E-state index in [1.165, 1.54) is 18.2 Å². The number of carboxylic acid groups (broad SMARTS) is 1. The average Bonchev–Trinajstić information content (AvgIpc) is 2.34. The molecule has 1 aliphatic heterocycles. The van der Waals surface area contributed by atoms with Crippen LogP contribution < -0.4 is 0 Å². The molecule has 0 bridgehead atoms. The molecule has 1 heterocycles. The first-order chi connectivity index (χ1) is 9.92. The molecule has 114 valence electrons. The number of aliphatic carboxylic acids is 1. The summed E-state index contributed by atoms with van der Waals surface area (Å²) in [5, 5.41) is 9.80. The second kappa shape index (κ2) is 7.09. The summed E-state index contributed by atoms with van der Waals surface area (Å²) >= 11 is 1.98. The third-order valence-corrected chi connectivity index (χ3v) is 4.53. The van der Waals surface area contributed by atoms with Crippen molar-refractivity contribution < 1.29 is 14.3 Å². The van der Waals surface area contributed by atoms with E-state index in [2.05, 4.69) is 18.7 Å². The summed E-state index contributed by atoms with van der Waals surface area (Å²) in [7, 11) is 0. The molecule has 3 nitrogen and oxygen atoms in total. The van der Waals surface area contributed by atoms with Crippen molar-refractivity contribution >= 4 is 23.8 Å². The summed E-state index contributed by atoms with van der Waals surface area (Å²) in [6, 6.07) is 4.72. The highest BCUT2D eigenvalue weighted by molar-refractivity contribution is 8.00. The van der Waals surface area contributed by atoms with Crippen molar-refractivity contribution in [3.05, 3.63) is 41.2 Å². The Kier molecular flexibility index (Phi) is 5.42. The van der Waals surface area contributed by atoms with Crippen LogP contribution in [-0.4, -0.2) is 39.6 Å². The highest BCUT2D eigenvalue weighted by atomic mass is 32.2. The molecule has 1 aromatic carbocycles. The summed E-state index contributed by atoms with van der Waals surface area (Å²) in [6.45, 7) is 7.10. The van der Waals surface area contributed by atoms with Gasteiger partial charge in [0.15, 0.2) is 0 Å². The van der Waals surface area contributed by atoms with E-state index in [1.807, 2.05) is 17.8 Å². The second-order valence-electron chi connectivity index (χ2n) is 5.52. The highest BCUT2D eigenvalue weighted by Gasteiger charge is 2.22. The van der Waals surface area contributed by atoms with Crippen molar-refractivity contribution in [2.24, 2.45) is 0 Å². The number of thioether (sulfide) groups is 1. The van der Waals surface area contributed by atoms with E-state index in [-0.39, 0.29) is 5.82 Å². The van der Waals surface area contributed by atoms with Gasteiger partial charge in [0.1, 0.15) is 5.82 Å². The van der Waals surface area contributed by atoms with Crippen LogP contribution in [-0.2, 0) is 11.3 Å². The SMILES string of the molecule is CC1CN(Cc2cc(F)cc(C=CC(=O)O)c2)CC(C)S1. The zero-order valence-electron chi connectivity index (χ0n) is 12.3. The number of carbonyl (C=O) groups is 1. The molecule has 21 heavy (non-hydrogen) atoms. The van der Waals surface area contributed by atoms with Gasteiger partial charge in [0.25, 0.3) is 0 Å². The Labute approximate surface area is 128 Å². The molecule has 0 amide bonds. The molecular formula is C16H20FNO2S. The third kappa shape index (κ3) is 5.17. The van der Waals surface area contributed by atoms with Crippen LogP contribution in [0.25, 0.3) is 6.08 Å². The van der Waals surface area contributed by atoms with Crippen molar-refractivity contribution in [3.63, 3.8) is 0 Å². The lowest BCUT2D eigenvalue weighted by Crippen LogP contribution is -2.39. The molecule has 0 aliphatic carbocycles. The fourth-order valence-corrected chi connectivity index (χ4v) is 4.09. The minimum Gasteiger partial charge on any atom is -0.478 e. The maximum absolute atomic E-state index is 13.7. The summed E-state index contributed by atoms with van der Waals surface area (Å²) in [4.78, 5) is 12.9. The van der Waals surface area contributed by atoms with Gasteiger partial charge in [-0.2, -0.15) is 11.8 Å². The van der Waals surface area contributed by atoms with Gasteiger partial charge < -0.3 is 5.11 Å². The molecular weight excluding hydrogens is 289 g/mol. The summed E-state index contributed by atoms with van der Waals surface area (Å²) in [5.41, 5.74) is 1.46. The van der Waals surface area contributed by atoms with Gasteiger partial charge in [-0.3, -0.25) is 4.90 Å². The van der Waals surface area contributed by atoms with E-state index in [0.29, 0.717) is 22.6 Å². The first-order valence-electron chi connectivity index (χ1n) is 7.00. The molecule has 0 aromatic heterocycles. The van der Waals surface area contributed by atoms with Crippen LogP contribution in [0.5, 0.6) is 0 Å². The van der Waals surface area contributed by atoms with Crippen LogP contribution in [0.3, 0.4) is 0 Å². The fourth-order valence-electron chi connectivity index (χ4n) is 2.70. The highest BCUT2D eigenvalue weighted by Crippen LogP contribution is 2.26. The van der Waals surface area contributed by atoms with E-state index < -0.39 is 5.97 Å². The number of rotatable bonds is 4. The summed E-state index contributed by atoms with van der Waals surface area (Å²) in [5.74, 6) is -1.36. The Morgan fingerprint density at radius 3 is 2.67 bits per heavy atom. The molecule has 1 saturated heterocycles. The Morgan fingerprint density at radius 1 is 1.38 bits per heavy atom. The smallest absolute Gasteiger partial charge is 0.328 e. The molecule has 2 atom stereocenters. The van der Waals surface area contributed by atoms with Gasteiger partial charge >= 0.3 is 5.97 Å². The molecule has 1 aromatic rings. The van der Waals surface area contributed by atoms with Gasteiger partial charge in [-0.25, -0.2) is 9.18 Å². The van der Waals surface area contributed by atoms with Crippen molar-refractivity contribution in [1.82, 2.24) is 4.90 Å². The second-order valence-corrected chi connectivity index (χ2v) is 7.40. The maximum Gasteiger partial charge on any atom is 0.328 e. The van der Waals surface area contributed by atoms with E-state index >= 15 is 0 Å². The summed E-state index contributed by atoms with van der Waals surface area (Å²) < 4.78 is 13.7. The zero-order valence-corrected chi connectivity index (χ0v) is 13.1. The number of nitrogens with zero attached hydrogens (tertiary/aromatic N) is 1. The van der Waals surface area contributed by atoms with Gasteiger partial charge in [0.05, 0.1) is 0 Å². The van der Waals surface area contributed by atoms with Gasteiger partial charge in [0, 0.05) is 36.2 Å². The Hall–Kier alpha value is -1.33. The molecule has 2 unspecified atom stereocenters. The largest absolute Gasteiger partial charge is 0.478 e. The molecule has 1 N–H and O–H groups in total. The van der Waals surface area contributed by atoms with Crippen LogP contribution in [0.2, 0.25) is 0 Å². The van der Waals surface area contributed by atoms with E-state index in [0.717, 1.165) is 24.7 Å². The van der Waals surface area contributed by atoms with E-state index in [1.54, 1.807) is 0 Å². The van der Waals surface area contributed by atoms with E-state index in [4.69, 9.17) is 5.11 Å². The monoisotopic (exact) mass is 309 g/mol. The molecule has 0 radical (unpaired) electrons. The van der Waals surface area contributed by atoms with Crippen molar-refractivity contribution in [2.75, 3.05) is 13.1 Å². The molecule has 0 spiro atoms. The lowest BCUT2D eigenvalue weighted by Gasteiger charge is -2.34. The molecule has 1 aliphatic rings. The average molecular weight is 309 g/mol. The number of hydrogen-bond acceptors (Lipinski definition) is 3. The van der Waals surface area contributed by atoms with Gasteiger partial charge in [-0.1, -0.05) is 19.9 Å². The normalized spacial score (nSPS) is 23.6. The summed E-state index contributed by atoms with van der Waals surface area (Å²) in [6.07, 6.45) is 2.45. The van der Waals surface area contributed by atoms with Crippen LogP contribution >= 0.6 is 11.8 Å². The van der Waals surface area contributed by atoms with Crippen molar-refractivity contribution in [1.29, 1.82) is 0 Å². The lowest BCUT2D eigenvalue weighted by molar-refractivity contribution is -0.131. The van der Waals surface area contributed by atoms with Crippen molar-refractivity contribution in [3.8, 4) is 0 Å². The lowest BCUT2D eigenvalue weighted by atomic mass is 10.1. The standard InChI is InChI=1S/C16H20FNO2S/c1-11-8-18(9-12(2)21-11)10-14-5-13(3-4-16(19)20)6-15(17)7-14/h3-7,11-12H,8-10H2,1-2H3,(H,19,20). The van der Waals surface area contributed by atoms with Crippen LogP contribution in [0.1, 0.15) is 25.0 Å². The van der Waals surface area contributed by atoms with Crippen LogP contribution in [0.4, 0.5) is 4.39 Å². The van der Waals surface area contributed by atoms with Gasteiger partial charge in [-0.15, -0.1) is 0 Å². The van der Waals surface area contributed by atoms with E-state index in [9.17, 15) is 9.18 Å². The maximum atomic E-state index is 13.7. The van der Waals surface area contributed by atoms with Crippen LogP contribution in [0.15, 0.2) is 24.3 Å². The Balaban J connectivity index is 2.10. The quantitative estimate of drug-likeness (QED) is 0.867. The van der Waals surface area contributed by atoms with Crippen molar-refractivity contribution in [2.45, 2.75) is 30.9 Å². The number of hydrogen-bond donors (Lipinski definition) is 1. The number of halogens is 1. The predicted molar refractivity (Wildman–Crippen MR) is 84.9 cm³/mol. The first kappa shape index (κ1) is 16.0. The van der Waals surface area contributed by atoms with Gasteiger partial charge in [0.2, 0.25) is 0 Å². The Bertz CT molecular complexity index is 537. The minimum absolute atomic E-state index is 0.329. The molecule has 1 fully saturated rings. The topological polar surface area (TPSA) is 40.5 Å². The third-order valence-electron chi connectivity index (χ3n) is 3.30. The van der Waals surface area contributed by atoms with Crippen LogP contribution in [0, 0.1) is 5.82 Å². The molecule has 5 heteroatoms. The molecule has 2 rings (SSSR count). The molecule has 0 saturated carbocycles. The first-order valence-corrected chi connectivity index (χ1v) is 7.95.